The van der Waals surface area contributed by atoms with Crippen LogP contribution >= 0.6 is 0 Å². The minimum atomic E-state index is -4.34. The van der Waals surface area contributed by atoms with Crippen molar-refractivity contribution in [1.29, 1.82) is 0 Å². The lowest BCUT2D eigenvalue weighted by Crippen LogP contribution is -2.17. The minimum Gasteiger partial charge on any atom is -0.299 e. The van der Waals surface area contributed by atoms with Gasteiger partial charge in [0, 0.05) is 6.42 Å². The summed E-state index contributed by atoms with van der Waals surface area (Å²) in [5, 5.41) is 0. The summed E-state index contributed by atoms with van der Waals surface area (Å²) in [6.07, 6.45) is -2.60. The van der Waals surface area contributed by atoms with Gasteiger partial charge in [0.2, 0.25) is 0 Å². The summed E-state index contributed by atoms with van der Waals surface area (Å²) in [5.41, 5.74) is 0. The molecule has 1 aliphatic rings. The van der Waals surface area contributed by atoms with Crippen LogP contribution in [-0.4, -0.2) is 12.0 Å². The summed E-state index contributed by atoms with van der Waals surface area (Å²) in [6, 6.07) is 0. The molecular formula is C12H19F3O. The summed E-state index contributed by atoms with van der Waals surface area (Å²) >= 11 is 0. The molecule has 0 radical (unpaired) electrons. The molecule has 0 aromatic carbocycles. The molecule has 1 nitrogen and oxygen atoms in total. The van der Waals surface area contributed by atoms with Crippen molar-refractivity contribution in [1.82, 2.24) is 0 Å². The lowest BCUT2D eigenvalue weighted by Gasteiger charge is -2.14. The van der Waals surface area contributed by atoms with Crippen LogP contribution in [0, 0.1) is 17.8 Å². The molecule has 94 valence electrons. The number of halogens is 3. The van der Waals surface area contributed by atoms with Crippen molar-refractivity contribution < 1.29 is 18.0 Å². The third-order valence-electron chi connectivity index (χ3n) is 3.44. The number of ketones is 1. The van der Waals surface area contributed by atoms with Gasteiger partial charge in [0.15, 0.2) is 0 Å². The SMILES string of the molecule is CC(C)C1CCC(CC(=O)CC(F)(F)F)C1. The molecule has 0 aromatic rings. The highest BCUT2D eigenvalue weighted by molar-refractivity contribution is 5.79. The summed E-state index contributed by atoms with van der Waals surface area (Å²) in [7, 11) is 0. The van der Waals surface area contributed by atoms with Crippen LogP contribution in [0.2, 0.25) is 0 Å². The highest BCUT2D eigenvalue weighted by atomic mass is 19.4. The van der Waals surface area contributed by atoms with Crippen molar-refractivity contribution in [3.63, 3.8) is 0 Å². The maximum atomic E-state index is 12.0. The predicted octanol–water partition coefficient (Wildman–Crippen LogP) is 3.97. The fourth-order valence-corrected chi connectivity index (χ4v) is 2.52. The average molecular weight is 236 g/mol. The smallest absolute Gasteiger partial charge is 0.299 e. The first-order valence-corrected chi connectivity index (χ1v) is 5.86. The largest absolute Gasteiger partial charge is 0.395 e. The second-order valence-electron chi connectivity index (χ2n) is 5.22. The molecule has 1 aliphatic carbocycles. The van der Waals surface area contributed by atoms with Crippen molar-refractivity contribution in [3.05, 3.63) is 0 Å². The number of hydrogen-bond acceptors (Lipinski definition) is 1. The number of Topliss-reactive ketones (excluding diaryl/α,β-unsaturated/α-hetero) is 1. The van der Waals surface area contributed by atoms with Crippen LogP contribution < -0.4 is 0 Å². The third-order valence-corrected chi connectivity index (χ3v) is 3.44. The van der Waals surface area contributed by atoms with E-state index in [-0.39, 0.29) is 12.3 Å². The van der Waals surface area contributed by atoms with E-state index in [9.17, 15) is 18.0 Å². The molecule has 0 N–H and O–H groups in total. The van der Waals surface area contributed by atoms with Gasteiger partial charge in [-0.05, 0) is 37.0 Å². The van der Waals surface area contributed by atoms with Crippen LogP contribution in [0.25, 0.3) is 0 Å². The zero-order valence-electron chi connectivity index (χ0n) is 9.81. The Kier molecular flexibility index (Phi) is 4.39. The van der Waals surface area contributed by atoms with Crippen molar-refractivity contribution in [2.24, 2.45) is 17.8 Å². The molecule has 1 fully saturated rings. The molecule has 2 unspecified atom stereocenters. The van der Waals surface area contributed by atoms with E-state index >= 15 is 0 Å². The molecule has 0 spiro atoms. The Hall–Kier alpha value is -0.540. The number of hydrogen-bond donors (Lipinski definition) is 0. The quantitative estimate of drug-likeness (QED) is 0.721. The van der Waals surface area contributed by atoms with Crippen molar-refractivity contribution in [2.75, 3.05) is 0 Å². The summed E-state index contributed by atoms with van der Waals surface area (Å²) < 4.78 is 35.9. The standard InChI is InChI=1S/C12H19F3O/c1-8(2)10-4-3-9(5-10)6-11(16)7-12(13,14)15/h8-10H,3-7H2,1-2H3. The predicted molar refractivity (Wildman–Crippen MR) is 56.0 cm³/mol. The van der Waals surface area contributed by atoms with Crippen LogP contribution in [0.15, 0.2) is 0 Å². The van der Waals surface area contributed by atoms with E-state index in [1.165, 1.54) is 0 Å². The normalized spacial score (nSPS) is 26.4. The molecular weight excluding hydrogens is 217 g/mol. The fraction of sp³-hybridized carbons (Fsp3) is 0.917. The van der Waals surface area contributed by atoms with Crippen LogP contribution in [0.5, 0.6) is 0 Å². The number of carbonyl (C=O) groups is 1. The van der Waals surface area contributed by atoms with E-state index in [1.54, 1.807) is 0 Å². The zero-order chi connectivity index (χ0) is 12.3. The Bertz CT molecular complexity index is 245. The summed E-state index contributed by atoms with van der Waals surface area (Å²) in [5.74, 6) is 0.690. The fourth-order valence-electron chi connectivity index (χ4n) is 2.52. The van der Waals surface area contributed by atoms with E-state index in [1.807, 2.05) is 0 Å². The number of alkyl halides is 3. The Labute approximate surface area is 94.4 Å². The maximum absolute atomic E-state index is 12.0. The average Bonchev–Trinajstić information content (AvgIpc) is 2.48. The minimum absolute atomic E-state index is 0.114. The monoisotopic (exact) mass is 236 g/mol. The van der Waals surface area contributed by atoms with Crippen LogP contribution in [0.1, 0.15) is 46.0 Å². The first-order chi connectivity index (χ1) is 7.28. The Morgan fingerprint density at radius 1 is 1.31 bits per heavy atom. The summed E-state index contributed by atoms with van der Waals surface area (Å²) in [6.45, 7) is 4.26. The Balaban J connectivity index is 2.32. The van der Waals surface area contributed by atoms with Gasteiger partial charge in [0.05, 0.1) is 0 Å². The molecule has 0 heterocycles. The van der Waals surface area contributed by atoms with Crippen LogP contribution in [0.3, 0.4) is 0 Å². The lowest BCUT2D eigenvalue weighted by molar-refractivity contribution is -0.152. The molecule has 0 aliphatic heterocycles. The van der Waals surface area contributed by atoms with Gasteiger partial charge in [-0.3, -0.25) is 4.79 Å². The summed E-state index contributed by atoms with van der Waals surface area (Å²) in [4.78, 5) is 11.2. The molecule has 4 heteroatoms. The maximum Gasteiger partial charge on any atom is 0.395 e. The van der Waals surface area contributed by atoms with Crippen LogP contribution in [-0.2, 0) is 4.79 Å². The van der Waals surface area contributed by atoms with Gasteiger partial charge in [0.1, 0.15) is 12.2 Å². The number of rotatable bonds is 4. The second kappa shape index (κ2) is 5.19. The van der Waals surface area contributed by atoms with Crippen LogP contribution in [0.4, 0.5) is 13.2 Å². The molecule has 0 amide bonds. The van der Waals surface area contributed by atoms with Crippen molar-refractivity contribution in [2.45, 2.75) is 52.1 Å². The first kappa shape index (κ1) is 13.5. The molecule has 0 aromatic heterocycles. The van der Waals surface area contributed by atoms with Gasteiger partial charge >= 0.3 is 6.18 Å². The van der Waals surface area contributed by atoms with E-state index in [0.717, 1.165) is 19.3 Å². The van der Waals surface area contributed by atoms with Crippen molar-refractivity contribution >= 4 is 5.78 Å². The highest BCUT2D eigenvalue weighted by Crippen LogP contribution is 2.38. The Morgan fingerprint density at radius 3 is 2.38 bits per heavy atom. The van der Waals surface area contributed by atoms with Gasteiger partial charge < -0.3 is 0 Å². The molecule has 1 saturated carbocycles. The van der Waals surface area contributed by atoms with Gasteiger partial charge in [-0.2, -0.15) is 13.2 Å². The number of carbonyl (C=O) groups excluding carboxylic acids is 1. The molecule has 1 rings (SSSR count). The van der Waals surface area contributed by atoms with E-state index in [0.29, 0.717) is 11.8 Å². The van der Waals surface area contributed by atoms with Gasteiger partial charge in [0.25, 0.3) is 0 Å². The Morgan fingerprint density at radius 2 is 1.94 bits per heavy atom. The third kappa shape index (κ3) is 4.54. The highest BCUT2D eigenvalue weighted by Gasteiger charge is 2.34. The molecule has 0 bridgehead atoms. The van der Waals surface area contributed by atoms with E-state index in [4.69, 9.17) is 0 Å². The molecule has 2 atom stereocenters. The van der Waals surface area contributed by atoms with Gasteiger partial charge in [-0.1, -0.05) is 13.8 Å². The van der Waals surface area contributed by atoms with Crippen molar-refractivity contribution in [3.8, 4) is 0 Å². The van der Waals surface area contributed by atoms with Gasteiger partial charge in [-0.25, -0.2) is 0 Å². The molecule has 16 heavy (non-hydrogen) atoms. The first-order valence-electron chi connectivity index (χ1n) is 5.86. The van der Waals surface area contributed by atoms with E-state index in [2.05, 4.69) is 13.8 Å². The lowest BCUT2D eigenvalue weighted by atomic mass is 9.92. The second-order valence-corrected chi connectivity index (χ2v) is 5.22. The van der Waals surface area contributed by atoms with Gasteiger partial charge in [-0.15, -0.1) is 0 Å². The zero-order valence-corrected chi connectivity index (χ0v) is 9.81. The topological polar surface area (TPSA) is 17.1 Å². The molecule has 0 saturated heterocycles. The van der Waals surface area contributed by atoms with E-state index < -0.39 is 18.4 Å².